The second-order valence-corrected chi connectivity index (χ2v) is 6.93. The van der Waals surface area contributed by atoms with Crippen molar-refractivity contribution in [3.05, 3.63) is 24.3 Å². The van der Waals surface area contributed by atoms with Gasteiger partial charge in [-0.1, -0.05) is 125 Å². The van der Waals surface area contributed by atoms with Crippen molar-refractivity contribution in [2.75, 3.05) is 0 Å². The van der Waals surface area contributed by atoms with E-state index < -0.39 is 0 Å². The lowest BCUT2D eigenvalue weighted by atomic mass is 10.1. The zero-order valence-electron chi connectivity index (χ0n) is 17.6. The van der Waals surface area contributed by atoms with Crippen molar-refractivity contribution in [3.8, 4) is 0 Å². The monoisotopic (exact) mass is 368 g/mol. The third-order valence-corrected chi connectivity index (χ3v) is 4.21. The Balaban J connectivity index is -0.000000175. The molecule has 0 nitrogen and oxygen atoms in total. The van der Waals surface area contributed by atoms with E-state index in [2.05, 4.69) is 52.0 Å². The van der Waals surface area contributed by atoms with Gasteiger partial charge in [-0.2, -0.15) is 0 Å². The number of rotatable bonds is 16. The molecule has 0 amide bonds. The van der Waals surface area contributed by atoms with Crippen LogP contribution in [0, 0.1) is 0 Å². The van der Waals surface area contributed by atoms with Crippen molar-refractivity contribution in [1.82, 2.24) is 0 Å². The quantitative estimate of drug-likeness (QED) is 0.188. The summed E-state index contributed by atoms with van der Waals surface area (Å²) in [6.45, 7) is 9.00. The minimum atomic E-state index is 0. The molecule has 0 unspecified atom stereocenters. The molecular weight excluding hydrogens is 312 g/mol. The third-order valence-electron chi connectivity index (χ3n) is 4.21. The van der Waals surface area contributed by atoms with Crippen molar-refractivity contribution in [2.24, 2.45) is 0 Å². The summed E-state index contributed by atoms with van der Waals surface area (Å²) in [5.74, 6) is 0. The number of hydrogen-bond donors (Lipinski definition) is 0. The Morgan fingerprint density at radius 2 is 0.654 bits per heavy atom. The lowest BCUT2D eigenvalue weighted by Crippen LogP contribution is -1.74. The van der Waals surface area contributed by atoms with Gasteiger partial charge >= 0.3 is 0 Å². The fourth-order valence-corrected chi connectivity index (χ4v) is 2.53. The SMILES string of the molecule is C.C.CCC/C=C\CCCCCC.CCCCC/C=C\CCCCCC. The molecule has 26 heavy (non-hydrogen) atoms. The predicted molar refractivity (Wildman–Crippen MR) is 128 cm³/mol. The molecular formula is C26H56. The van der Waals surface area contributed by atoms with Crippen LogP contribution in [-0.4, -0.2) is 0 Å². The van der Waals surface area contributed by atoms with Gasteiger partial charge in [-0.15, -0.1) is 0 Å². The molecule has 0 aliphatic carbocycles. The van der Waals surface area contributed by atoms with Crippen molar-refractivity contribution >= 4 is 0 Å². The molecule has 0 heteroatoms. The largest absolute Gasteiger partial charge is 0.0885 e. The summed E-state index contributed by atoms with van der Waals surface area (Å²) in [7, 11) is 0. The molecule has 0 fully saturated rings. The average molecular weight is 369 g/mol. The maximum Gasteiger partial charge on any atom is -0.0351 e. The molecule has 0 saturated carbocycles. The van der Waals surface area contributed by atoms with Gasteiger partial charge in [0.1, 0.15) is 0 Å². The summed E-state index contributed by atoms with van der Waals surface area (Å²) in [6, 6.07) is 0. The van der Waals surface area contributed by atoms with E-state index in [1.165, 1.54) is 103 Å². The Morgan fingerprint density at radius 3 is 1.00 bits per heavy atom. The molecule has 0 N–H and O–H groups in total. The van der Waals surface area contributed by atoms with E-state index >= 15 is 0 Å². The molecule has 0 aromatic carbocycles. The van der Waals surface area contributed by atoms with Crippen molar-refractivity contribution < 1.29 is 0 Å². The highest BCUT2D eigenvalue weighted by molar-refractivity contribution is 4.81. The van der Waals surface area contributed by atoms with Crippen LogP contribution < -0.4 is 0 Å². The first kappa shape index (κ1) is 33.1. The molecule has 0 aliphatic rings. The van der Waals surface area contributed by atoms with Crippen molar-refractivity contribution in [1.29, 1.82) is 0 Å². The van der Waals surface area contributed by atoms with Gasteiger partial charge in [0.25, 0.3) is 0 Å². The van der Waals surface area contributed by atoms with Crippen LogP contribution in [0.4, 0.5) is 0 Å². The molecule has 0 aromatic heterocycles. The number of allylic oxidation sites excluding steroid dienone is 4. The summed E-state index contributed by atoms with van der Waals surface area (Å²) >= 11 is 0. The Bertz CT molecular complexity index is 236. The topological polar surface area (TPSA) is 0 Å². The van der Waals surface area contributed by atoms with Gasteiger partial charge in [-0.25, -0.2) is 0 Å². The molecule has 0 aromatic rings. The Labute approximate surface area is 170 Å². The van der Waals surface area contributed by atoms with E-state index in [4.69, 9.17) is 0 Å². The van der Waals surface area contributed by atoms with E-state index in [0.717, 1.165) is 0 Å². The van der Waals surface area contributed by atoms with Gasteiger partial charge in [0.05, 0.1) is 0 Å². The fraction of sp³-hybridized carbons (Fsp3) is 0.846. The van der Waals surface area contributed by atoms with Gasteiger partial charge in [-0.05, 0) is 44.9 Å². The second kappa shape index (κ2) is 35.6. The Kier molecular flexibility index (Phi) is 45.3. The molecule has 0 saturated heterocycles. The number of hydrogen-bond acceptors (Lipinski definition) is 0. The van der Waals surface area contributed by atoms with E-state index in [9.17, 15) is 0 Å². The number of unbranched alkanes of at least 4 members (excludes halogenated alkanes) is 12. The van der Waals surface area contributed by atoms with Crippen LogP contribution in [0.2, 0.25) is 0 Å². The van der Waals surface area contributed by atoms with Crippen LogP contribution in [0.15, 0.2) is 24.3 Å². The maximum atomic E-state index is 2.37. The molecule has 0 rings (SSSR count). The second-order valence-electron chi connectivity index (χ2n) is 6.93. The normalized spacial score (nSPS) is 10.3. The van der Waals surface area contributed by atoms with Crippen LogP contribution >= 0.6 is 0 Å². The Morgan fingerprint density at radius 1 is 0.346 bits per heavy atom. The van der Waals surface area contributed by atoms with E-state index in [0.29, 0.717) is 0 Å². The minimum absolute atomic E-state index is 0. The van der Waals surface area contributed by atoms with Crippen LogP contribution in [-0.2, 0) is 0 Å². The standard InChI is InChI=1S/C13H26.C11H22.2CH4/c1-3-5-7-9-11-13-12-10-8-6-4-2;1-3-5-7-9-11-10-8-6-4-2;;/h11,13H,3-10,12H2,1-2H3;7,9H,3-6,8,10-11H2,1-2H3;2*1H4/b13-11-;9-7-;;. The average Bonchev–Trinajstić information content (AvgIpc) is 2.60. The van der Waals surface area contributed by atoms with Crippen LogP contribution in [0.1, 0.15) is 145 Å². The predicted octanol–water partition coefficient (Wildman–Crippen LogP) is 10.7. The molecule has 0 radical (unpaired) electrons. The van der Waals surface area contributed by atoms with E-state index in [-0.39, 0.29) is 14.9 Å². The Hall–Kier alpha value is -0.520. The highest BCUT2D eigenvalue weighted by Crippen LogP contribution is 2.05. The molecule has 0 bridgehead atoms. The smallest absolute Gasteiger partial charge is 0.0351 e. The third kappa shape index (κ3) is 38.8. The van der Waals surface area contributed by atoms with E-state index in [1.807, 2.05) is 0 Å². The zero-order valence-corrected chi connectivity index (χ0v) is 17.6. The van der Waals surface area contributed by atoms with Gasteiger partial charge < -0.3 is 0 Å². The van der Waals surface area contributed by atoms with Crippen LogP contribution in [0.3, 0.4) is 0 Å². The van der Waals surface area contributed by atoms with Crippen molar-refractivity contribution in [3.63, 3.8) is 0 Å². The van der Waals surface area contributed by atoms with Gasteiger partial charge in [0, 0.05) is 0 Å². The summed E-state index contributed by atoms with van der Waals surface area (Å²) < 4.78 is 0. The lowest BCUT2D eigenvalue weighted by molar-refractivity contribution is 0.672. The maximum absolute atomic E-state index is 2.37. The summed E-state index contributed by atoms with van der Waals surface area (Å²) in [6.07, 6.45) is 31.0. The first-order chi connectivity index (χ1) is 11.8. The summed E-state index contributed by atoms with van der Waals surface area (Å²) in [5.41, 5.74) is 0. The van der Waals surface area contributed by atoms with Crippen LogP contribution in [0.5, 0.6) is 0 Å². The van der Waals surface area contributed by atoms with Gasteiger partial charge in [-0.3, -0.25) is 0 Å². The van der Waals surface area contributed by atoms with Crippen LogP contribution in [0.25, 0.3) is 0 Å². The highest BCUT2D eigenvalue weighted by Gasteiger charge is 1.85. The minimum Gasteiger partial charge on any atom is -0.0885 e. The fourth-order valence-electron chi connectivity index (χ4n) is 2.53. The zero-order chi connectivity index (χ0) is 18.1. The molecule has 0 aliphatic heterocycles. The summed E-state index contributed by atoms with van der Waals surface area (Å²) in [5, 5.41) is 0. The molecule has 0 heterocycles. The highest BCUT2D eigenvalue weighted by atomic mass is 13.9. The first-order valence-electron chi connectivity index (χ1n) is 11.1. The molecule has 0 spiro atoms. The van der Waals surface area contributed by atoms with Gasteiger partial charge in [0.2, 0.25) is 0 Å². The van der Waals surface area contributed by atoms with E-state index in [1.54, 1.807) is 0 Å². The van der Waals surface area contributed by atoms with Crippen molar-refractivity contribution in [2.45, 2.75) is 145 Å². The summed E-state index contributed by atoms with van der Waals surface area (Å²) in [4.78, 5) is 0. The molecule has 160 valence electrons. The van der Waals surface area contributed by atoms with Gasteiger partial charge in [0.15, 0.2) is 0 Å². The lowest BCUT2D eigenvalue weighted by Gasteiger charge is -1.94. The molecule has 0 atom stereocenters. The first-order valence-corrected chi connectivity index (χ1v) is 11.1.